The van der Waals surface area contributed by atoms with E-state index in [1.54, 1.807) is 0 Å². The van der Waals surface area contributed by atoms with E-state index in [9.17, 15) is 8.78 Å². The maximum absolute atomic E-state index is 13.5. The van der Waals surface area contributed by atoms with E-state index in [0.717, 1.165) is 12.8 Å². The topological polar surface area (TPSA) is 3.24 Å². The lowest BCUT2D eigenvalue weighted by atomic mass is 9.92. The summed E-state index contributed by atoms with van der Waals surface area (Å²) in [4.78, 5) is 1.32. The van der Waals surface area contributed by atoms with E-state index in [1.165, 1.54) is 4.90 Å². The Labute approximate surface area is 107 Å². The van der Waals surface area contributed by atoms with E-state index in [0.29, 0.717) is 6.54 Å². The second kappa shape index (κ2) is 9.81. The van der Waals surface area contributed by atoms with Gasteiger partial charge < -0.3 is 0 Å². The summed E-state index contributed by atoms with van der Waals surface area (Å²) in [5, 5.41) is 0. The largest absolute Gasteiger partial charge is 0.305 e. The molecule has 0 amide bonds. The van der Waals surface area contributed by atoms with E-state index in [-0.39, 0.29) is 18.4 Å². The molecule has 1 unspecified atom stereocenters. The predicted molar refractivity (Wildman–Crippen MR) is 72.5 cm³/mol. The van der Waals surface area contributed by atoms with Crippen molar-refractivity contribution in [2.45, 2.75) is 79.8 Å². The van der Waals surface area contributed by atoms with Gasteiger partial charge in [-0.25, -0.2) is 4.90 Å². The number of piperidine rings is 1. The van der Waals surface area contributed by atoms with Gasteiger partial charge in [-0.1, -0.05) is 41.0 Å². The Bertz CT molecular complexity index is 170. The van der Waals surface area contributed by atoms with Crippen LogP contribution < -0.4 is 0 Å². The Morgan fingerprint density at radius 3 is 1.94 bits per heavy atom. The van der Waals surface area contributed by atoms with Gasteiger partial charge in [-0.15, -0.1) is 0 Å². The van der Waals surface area contributed by atoms with Crippen LogP contribution in [0.5, 0.6) is 0 Å². The third-order valence-corrected chi connectivity index (χ3v) is 2.93. The fourth-order valence-corrected chi connectivity index (χ4v) is 2.04. The van der Waals surface area contributed by atoms with Gasteiger partial charge in [0.1, 0.15) is 0 Å². The summed E-state index contributed by atoms with van der Waals surface area (Å²) in [6, 6.07) is -2.62. The van der Waals surface area contributed by atoms with Crippen LogP contribution in [0.15, 0.2) is 0 Å². The van der Waals surface area contributed by atoms with Crippen molar-refractivity contribution in [2.75, 3.05) is 6.54 Å². The van der Waals surface area contributed by atoms with Gasteiger partial charge in [0.05, 0.1) is 0 Å². The molecule has 0 bridgehead atoms. The van der Waals surface area contributed by atoms with E-state index >= 15 is 0 Å². The molecule has 1 atom stereocenters. The highest BCUT2D eigenvalue weighted by molar-refractivity contribution is 4.82. The molecule has 17 heavy (non-hydrogen) atoms. The van der Waals surface area contributed by atoms with Crippen molar-refractivity contribution in [1.82, 2.24) is 4.90 Å². The number of halogens is 2. The Kier molecular flexibility index (Phi) is 11.1. The fraction of sp³-hybridized carbons (Fsp3) is 1.00. The summed E-state index contributed by atoms with van der Waals surface area (Å²) >= 11 is 0. The summed E-state index contributed by atoms with van der Waals surface area (Å²) < 4.78 is 27.0. The molecule has 0 aromatic rings. The van der Waals surface area contributed by atoms with Crippen LogP contribution in [0.4, 0.5) is 8.78 Å². The molecular formula is C14H31F2N. The number of hydrogen-bond donors (Lipinski definition) is 0. The van der Waals surface area contributed by atoms with Crippen molar-refractivity contribution in [3.63, 3.8) is 0 Å². The van der Waals surface area contributed by atoms with E-state index in [2.05, 4.69) is 0 Å². The maximum atomic E-state index is 13.5. The van der Waals surface area contributed by atoms with Gasteiger partial charge in [-0.05, 0) is 26.2 Å². The molecule has 1 nitrogen and oxygen atoms in total. The quantitative estimate of drug-likeness (QED) is 0.613. The normalized spacial score (nSPS) is 23.3. The SMILES string of the molecule is CC.CC.CCC1CCN(C(C)C)C(F)(F)C1. The molecule has 1 saturated heterocycles. The number of alkyl halides is 2. The minimum atomic E-state index is -2.58. The zero-order valence-corrected chi connectivity index (χ0v) is 12.7. The number of nitrogens with zero attached hydrogens (tertiary/aromatic N) is 1. The molecule has 1 fully saturated rings. The van der Waals surface area contributed by atoms with Crippen LogP contribution in [0.3, 0.4) is 0 Å². The molecule has 1 rings (SSSR count). The first-order valence-corrected chi connectivity index (χ1v) is 7.12. The third-order valence-electron chi connectivity index (χ3n) is 2.93. The highest BCUT2D eigenvalue weighted by Crippen LogP contribution is 2.36. The van der Waals surface area contributed by atoms with Crippen LogP contribution in [0.1, 0.15) is 67.7 Å². The van der Waals surface area contributed by atoms with Gasteiger partial charge in [-0.3, -0.25) is 0 Å². The van der Waals surface area contributed by atoms with Crippen molar-refractivity contribution in [3.8, 4) is 0 Å². The zero-order chi connectivity index (χ0) is 14.1. The van der Waals surface area contributed by atoms with Gasteiger partial charge in [0, 0.05) is 19.0 Å². The average Bonchev–Trinajstić information content (AvgIpc) is 2.32. The molecule has 1 aliphatic rings. The fourth-order valence-electron chi connectivity index (χ4n) is 2.04. The van der Waals surface area contributed by atoms with Crippen LogP contribution in [-0.4, -0.2) is 23.5 Å². The van der Waals surface area contributed by atoms with E-state index in [1.807, 2.05) is 48.5 Å². The average molecular weight is 251 g/mol. The number of rotatable bonds is 2. The lowest BCUT2D eigenvalue weighted by Crippen LogP contribution is -2.51. The second-order valence-corrected chi connectivity index (χ2v) is 4.22. The molecule has 0 aliphatic carbocycles. The first kappa shape index (κ1) is 19.2. The van der Waals surface area contributed by atoms with E-state index < -0.39 is 6.05 Å². The summed E-state index contributed by atoms with van der Waals surface area (Å²) in [5.74, 6) is 0.213. The predicted octanol–water partition coefficient (Wildman–Crippen LogP) is 5.16. The molecule has 0 N–H and O–H groups in total. The molecule has 0 saturated carbocycles. The van der Waals surface area contributed by atoms with Gasteiger partial charge in [0.15, 0.2) is 0 Å². The molecule has 0 radical (unpaired) electrons. The molecule has 0 spiro atoms. The zero-order valence-electron chi connectivity index (χ0n) is 12.7. The molecule has 0 aromatic heterocycles. The van der Waals surface area contributed by atoms with E-state index in [4.69, 9.17) is 0 Å². The van der Waals surface area contributed by atoms with Crippen LogP contribution in [0, 0.1) is 5.92 Å². The molecule has 3 heteroatoms. The standard InChI is InChI=1S/C10H19F2N.2C2H6/c1-4-9-5-6-13(8(2)3)10(11,12)7-9;2*1-2/h8-9H,4-7H2,1-3H3;2*1-2H3. The van der Waals surface area contributed by atoms with Crippen LogP contribution >= 0.6 is 0 Å². The Morgan fingerprint density at radius 2 is 1.65 bits per heavy atom. The van der Waals surface area contributed by atoms with Crippen molar-refractivity contribution in [1.29, 1.82) is 0 Å². The molecule has 106 valence electrons. The van der Waals surface area contributed by atoms with Crippen molar-refractivity contribution in [2.24, 2.45) is 5.92 Å². The van der Waals surface area contributed by atoms with Crippen LogP contribution in [-0.2, 0) is 0 Å². The van der Waals surface area contributed by atoms with Crippen molar-refractivity contribution < 1.29 is 8.78 Å². The molecule has 1 heterocycles. The Hall–Kier alpha value is -0.180. The number of likely N-dealkylation sites (tertiary alicyclic amines) is 1. The molecule has 0 aromatic carbocycles. The highest BCUT2D eigenvalue weighted by Gasteiger charge is 2.43. The minimum absolute atomic E-state index is 0.0433. The van der Waals surface area contributed by atoms with Gasteiger partial charge in [0.25, 0.3) is 0 Å². The number of hydrogen-bond acceptors (Lipinski definition) is 1. The molecular weight excluding hydrogens is 220 g/mol. The summed E-state index contributed by atoms with van der Waals surface area (Å²) in [5.41, 5.74) is 0. The first-order valence-electron chi connectivity index (χ1n) is 7.12. The molecule has 1 aliphatic heterocycles. The highest BCUT2D eigenvalue weighted by atomic mass is 19.3. The minimum Gasteiger partial charge on any atom is -0.242 e. The summed E-state index contributed by atoms with van der Waals surface area (Å²) in [6.45, 7) is 14.2. The monoisotopic (exact) mass is 251 g/mol. The first-order chi connectivity index (χ1) is 7.97. The van der Waals surface area contributed by atoms with Crippen molar-refractivity contribution in [3.05, 3.63) is 0 Å². The third kappa shape index (κ3) is 6.35. The summed E-state index contributed by atoms with van der Waals surface area (Å²) in [7, 11) is 0. The van der Waals surface area contributed by atoms with Crippen LogP contribution in [0.2, 0.25) is 0 Å². The smallest absolute Gasteiger partial charge is 0.242 e. The Morgan fingerprint density at radius 1 is 1.18 bits per heavy atom. The van der Waals surface area contributed by atoms with Gasteiger partial charge in [-0.2, -0.15) is 8.78 Å². The lowest BCUT2D eigenvalue weighted by molar-refractivity contribution is -0.192. The maximum Gasteiger partial charge on any atom is 0.305 e. The summed E-state index contributed by atoms with van der Waals surface area (Å²) in [6.07, 6.45) is 1.84. The lowest BCUT2D eigenvalue weighted by Gasteiger charge is -2.41. The Balaban J connectivity index is 0. The second-order valence-electron chi connectivity index (χ2n) is 4.22. The van der Waals surface area contributed by atoms with Gasteiger partial charge >= 0.3 is 6.05 Å². The van der Waals surface area contributed by atoms with Crippen molar-refractivity contribution >= 4 is 0 Å². The van der Waals surface area contributed by atoms with Crippen LogP contribution in [0.25, 0.3) is 0 Å². The van der Waals surface area contributed by atoms with Gasteiger partial charge in [0.2, 0.25) is 0 Å².